The molecule has 3 heteroatoms. The summed E-state index contributed by atoms with van der Waals surface area (Å²) in [6, 6.07) is 0. The summed E-state index contributed by atoms with van der Waals surface area (Å²) >= 11 is 2.46. The van der Waals surface area contributed by atoms with Crippen LogP contribution in [0.4, 0.5) is 0 Å². The van der Waals surface area contributed by atoms with Crippen molar-refractivity contribution >= 4 is 22.6 Å². The Balaban J connectivity index is 3.23. The van der Waals surface area contributed by atoms with E-state index in [-0.39, 0.29) is 6.29 Å². The second-order valence-corrected chi connectivity index (χ2v) is 5.37. The molecule has 0 fully saturated rings. The Labute approximate surface area is 121 Å². The van der Waals surface area contributed by atoms with Gasteiger partial charge in [-0.3, -0.25) is 0 Å². The molecule has 0 aromatic carbocycles. The average molecular weight is 356 g/mol. The first-order valence-corrected chi connectivity index (χ1v) is 8.66. The molecule has 0 radical (unpaired) electrons. The number of hydrogen-bond donors (Lipinski definition) is 0. The first-order valence-electron chi connectivity index (χ1n) is 7.14. The van der Waals surface area contributed by atoms with Crippen LogP contribution in [0.2, 0.25) is 0 Å². The van der Waals surface area contributed by atoms with Crippen LogP contribution in [0.3, 0.4) is 0 Å². The highest BCUT2D eigenvalue weighted by atomic mass is 127. The lowest BCUT2D eigenvalue weighted by Crippen LogP contribution is -2.17. The molecule has 0 N–H and O–H groups in total. The Kier molecular flexibility index (Phi) is 15.3. The Morgan fingerprint density at radius 3 is 1.71 bits per heavy atom. The predicted octanol–water partition coefficient (Wildman–Crippen LogP) is 4.94. The Morgan fingerprint density at radius 2 is 1.24 bits per heavy atom. The maximum atomic E-state index is 5.52. The Bertz CT molecular complexity index is 136. The molecule has 0 atom stereocenters. The molecule has 17 heavy (non-hydrogen) atoms. The van der Waals surface area contributed by atoms with Gasteiger partial charge < -0.3 is 9.47 Å². The van der Waals surface area contributed by atoms with Gasteiger partial charge in [-0.25, -0.2) is 0 Å². The van der Waals surface area contributed by atoms with Crippen molar-refractivity contribution in [3.05, 3.63) is 0 Å². The molecule has 0 saturated carbocycles. The van der Waals surface area contributed by atoms with E-state index in [1.165, 1.54) is 49.4 Å². The minimum absolute atomic E-state index is 0.0315. The van der Waals surface area contributed by atoms with E-state index in [0.717, 1.165) is 19.6 Å². The minimum atomic E-state index is 0.0315. The maximum absolute atomic E-state index is 5.52. The van der Waals surface area contributed by atoms with Gasteiger partial charge >= 0.3 is 0 Å². The summed E-state index contributed by atoms with van der Waals surface area (Å²) in [7, 11) is 0. The molecular formula is C14H29IO2. The smallest absolute Gasteiger partial charge is 0.157 e. The zero-order valence-corrected chi connectivity index (χ0v) is 13.7. The van der Waals surface area contributed by atoms with E-state index in [4.69, 9.17) is 9.47 Å². The molecule has 104 valence electrons. The monoisotopic (exact) mass is 356 g/mol. The highest BCUT2D eigenvalue weighted by molar-refractivity contribution is 14.1. The van der Waals surface area contributed by atoms with Crippen LogP contribution in [0.1, 0.15) is 65.2 Å². The number of rotatable bonds is 13. The van der Waals surface area contributed by atoms with E-state index in [9.17, 15) is 0 Å². The van der Waals surface area contributed by atoms with E-state index in [1.807, 2.05) is 13.8 Å². The molecule has 0 aromatic heterocycles. The van der Waals surface area contributed by atoms with Crippen LogP contribution >= 0.6 is 22.6 Å². The van der Waals surface area contributed by atoms with Crippen molar-refractivity contribution < 1.29 is 9.47 Å². The van der Waals surface area contributed by atoms with Crippen molar-refractivity contribution in [1.29, 1.82) is 0 Å². The maximum Gasteiger partial charge on any atom is 0.157 e. The zero-order chi connectivity index (χ0) is 12.8. The summed E-state index contributed by atoms with van der Waals surface area (Å²) in [6.45, 7) is 5.56. The van der Waals surface area contributed by atoms with E-state index >= 15 is 0 Å². The quantitative estimate of drug-likeness (QED) is 0.201. The molecule has 0 aromatic rings. The second-order valence-electron chi connectivity index (χ2n) is 4.29. The normalized spacial score (nSPS) is 11.3. The van der Waals surface area contributed by atoms with Gasteiger partial charge in [0.25, 0.3) is 0 Å². The lowest BCUT2D eigenvalue weighted by molar-refractivity contribution is -0.140. The summed E-state index contributed by atoms with van der Waals surface area (Å²) < 4.78 is 12.3. The second kappa shape index (κ2) is 14.7. The number of alkyl halides is 1. The zero-order valence-electron chi connectivity index (χ0n) is 11.5. The molecule has 0 spiro atoms. The summed E-state index contributed by atoms with van der Waals surface area (Å²) in [5.74, 6) is 0. The first-order chi connectivity index (χ1) is 8.35. The van der Waals surface area contributed by atoms with Crippen molar-refractivity contribution in [3.8, 4) is 0 Å². The van der Waals surface area contributed by atoms with E-state index in [1.54, 1.807) is 0 Å². The average Bonchev–Trinajstić information content (AvgIpc) is 2.33. The SMILES string of the molecule is CCOC(CCCCCCCCCI)OCC. The number of unbranched alkanes of at least 4 members (excludes halogenated alkanes) is 6. The fourth-order valence-corrected chi connectivity index (χ4v) is 2.42. The van der Waals surface area contributed by atoms with Crippen molar-refractivity contribution in [3.63, 3.8) is 0 Å². The van der Waals surface area contributed by atoms with Crippen molar-refractivity contribution in [1.82, 2.24) is 0 Å². The van der Waals surface area contributed by atoms with Crippen molar-refractivity contribution in [2.75, 3.05) is 17.6 Å². The molecule has 0 amide bonds. The molecular weight excluding hydrogens is 327 g/mol. The van der Waals surface area contributed by atoms with Crippen molar-refractivity contribution in [2.24, 2.45) is 0 Å². The summed E-state index contributed by atoms with van der Waals surface area (Å²) in [4.78, 5) is 0. The van der Waals surface area contributed by atoms with E-state index < -0.39 is 0 Å². The molecule has 0 aliphatic heterocycles. The summed E-state index contributed by atoms with van der Waals surface area (Å²) in [5.41, 5.74) is 0. The van der Waals surface area contributed by atoms with Crippen molar-refractivity contribution in [2.45, 2.75) is 71.5 Å². The van der Waals surface area contributed by atoms with Crippen LogP contribution in [0.15, 0.2) is 0 Å². The lowest BCUT2D eigenvalue weighted by atomic mass is 10.1. The third-order valence-electron chi connectivity index (χ3n) is 2.78. The molecule has 0 rings (SSSR count). The highest BCUT2D eigenvalue weighted by Crippen LogP contribution is 2.12. The van der Waals surface area contributed by atoms with Gasteiger partial charge in [-0.1, -0.05) is 54.7 Å². The molecule has 0 aliphatic carbocycles. The fraction of sp³-hybridized carbons (Fsp3) is 1.00. The number of halogens is 1. The van der Waals surface area contributed by atoms with Gasteiger partial charge in [0.2, 0.25) is 0 Å². The topological polar surface area (TPSA) is 18.5 Å². The third-order valence-corrected chi connectivity index (χ3v) is 3.54. The highest BCUT2D eigenvalue weighted by Gasteiger charge is 2.06. The Hall–Kier alpha value is 0.650. The van der Waals surface area contributed by atoms with Gasteiger partial charge in [-0.15, -0.1) is 0 Å². The molecule has 0 heterocycles. The Morgan fingerprint density at radius 1 is 0.765 bits per heavy atom. The van der Waals surface area contributed by atoms with Crippen LogP contribution in [-0.4, -0.2) is 23.9 Å². The van der Waals surface area contributed by atoms with Crippen LogP contribution in [0, 0.1) is 0 Å². The van der Waals surface area contributed by atoms with Crippen LogP contribution < -0.4 is 0 Å². The molecule has 2 nitrogen and oxygen atoms in total. The minimum Gasteiger partial charge on any atom is -0.353 e. The molecule has 0 bridgehead atoms. The largest absolute Gasteiger partial charge is 0.353 e. The molecule has 0 unspecified atom stereocenters. The van der Waals surface area contributed by atoms with E-state index in [0.29, 0.717) is 0 Å². The lowest BCUT2D eigenvalue weighted by Gasteiger charge is -2.16. The number of hydrogen-bond acceptors (Lipinski definition) is 2. The molecule has 0 aliphatic rings. The van der Waals surface area contributed by atoms with Gasteiger partial charge in [-0.2, -0.15) is 0 Å². The molecule has 0 saturated heterocycles. The summed E-state index contributed by atoms with van der Waals surface area (Å²) in [6.07, 6.45) is 10.6. The van der Waals surface area contributed by atoms with E-state index in [2.05, 4.69) is 22.6 Å². The van der Waals surface area contributed by atoms with Gasteiger partial charge in [0, 0.05) is 13.2 Å². The van der Waals surface area contributed by atoms with Gasteiger partial charge in [0.05, 0.1) is 0 Å². The van der Waals surface area contributed by atoms with Crippen LogP contribution in [-0.2, 0) is 9.47 Å². The van der Waals surface area contributed by atoms with Crippen LogP contribution in [0.5, 0.6) is 0 Å². The van der Waals surface area contributed by atoms with Crippen LogP contribution in [0.25, 0.3) is 0 Å². The first kappa shape index (κ1) is 17.6. The van der Waals surface area contributed by atoms with Gasteiger partial charge in [-0.05, 0) is 37.5 Å². The predicted molar refractivity (Wildman–Crippen MR) is 82.9 cm³/mol. The third kappa shape index (κ3) is 12.9. The van der Waals surface area contributed by atoms with Gasteiger partial charge in [0.1, 0.15) is 0 Å². The van der Waals surface area contributed by atoms with Gasteiger partial charge in [0.15, 0.2) is 6.29 Å². The fourth-order valence-electron chi connectivity index (χ4n) is 1.88. The standard InChI is InChI=1S/C14H29IO2/c1-3-16-14(17-4-2)12-10-8-6-5-7-9-11-13-15/h14H,3-13H2,1-2H3. The number of ether oxygens (including phenoxy) is 2. The summed E-state index contributed by atoms with van der Waals surface area (Å²) in [5, 5.41) is 0.